The van der Waals surface area contributed by atoms with Gasteiger partial charge in [0.2, 0.25) is 0 Å². The number of amidine groups is 1. The van der Waals surface area contributed by atoms with Crippen LogP contribution in [0.1, 0.15) is 43.9 Å². The number of fused-ring (bicyclic) bond motifs is 1. The van der Waals surface area contributed by atoms with Crippen LogP contribution >= 0.6 is 9.24 Å². The number of hydrogen-bond donors (Lipinski definition) is 3. The highest BCUT2D eigenvalue weighted by atomic mass is 31.0. The number of imidazole rings is 1. The molecule has 2 heterocycles. The first-order valence-corrected chi connectivity index (χ1v) is 10.3. The van der Waals surface area contributed by atoms with Crippen LogP contribution in [-0.2, 0) is 13.1 Å². The van der Waals surface area contributed by atoms with Gasteiger partial charge < -0.3 is 15.2 Å². The predicted molar refractivity (Wildman–Crippen MR) is 121 cm³/mol. The van der Waals surface area contributed by atoms with Crippen molar-refractivity contribution < 1.29 is 4.79 Å². The molecule has 154 valence electrons. The molecule has 2 atom stereocenters. The smallest absolute Gasteiger partial charge is 0.272 e. The summed E-state index contributed by atoms with van der Waals surface area (Å²) in [6.45, 7) is 9.95. The van der Waals surface area contributed by atoms with Crippen molar-refractivity contribution in [3.63, 3.8) is 0 Å². The number of nitrogens with one attached hydrogen (secondary N) is 3. The second-order valence-electron chi connectivity index (χ2n) is 8.32. The van der Waals surface area contributed by atoms with Crippen LogP contribution in [0.15, 0.2) is 35.3 Å². The molecule has 0 bridgehead atoms. The van der Waals surface area contributed by atoms with Gasteiger partial charge in [-0.2, -0.15) is 0 Å². The molecular formula is C21H29N6OP. The van der Waals surface area contributed by atoms with Crippen molar-refractivity contribution in [2.45, 2.75) is 46.8 Å². The van der Waals surface area contributed by atoms with Gasteiger partial charge in [-0.3, -0.25) is 10.2 Å². The lowest BCUT2D eigenvalue weighted by Gasteiger charge is -2.31. The van der Waals surface area contributed by atoms with Crippen LogP contribution in [0.25, 0.3) is 11.4 Å². The fraction of sp³-hybridized carbons (Fsp3) is 0.429. The van der Waals surface area contributed by atoms with Gasteiger partial charge in [-0.1, -0.05) is 60.3 Å². The first-order chi connectivity index (χ1) is 13.7. The van der Waals surface area contributed by atoms with Crippen molar-refractivity contribution in [3.05, 3.63) is 41.7 Å². The number of aromatic nitrogens is 2. The molecule has 0 aliphatic carbocycles. The topological polar surface area (TPSA) is 95.2 Å². The van der Waals surface area contributed by atoms with Crippen molar-refractivity contribution in [1.82, 2.24) is 20.2 Å². The second kappa shape index (κ2) is 8.56. The minimum absolute atomic E-state index is 0.202. The predicted octanol–water partition coefficient (Wildman–Crippen LogP) is 3.07. The Bertz CT molecular complexity index is 942. The molecule has 0 radical (unpaired) electrons. The van der Waals surface area contributed by atoms with Gasteiger partial charge >= 0.3 is 0 Å². The van der Waals surface area contributed by atoms with Crippen LogP contribution < -0.4 is 10.6 Å². The number of nitrogens with zero attached hydrogens (tertiary/aromatic N) is 3. The van der Waals surface area contributed by atoms with Crippen LogP contribution in [0.2, 0.25) is 0 Å². The number of benzene rings is 1. The van der Waals surface area contributed by atoms with E-state index in [2.05, 4.69) is 29.4 Å². The van der Waals surface area contributed by atoms with Crippen molar-refractivity contribution >= 4 is 26.4 Å². The fourth-order valence-electron chi connectivity index (χ4n) is 3.49. The minimum Gasteiger partial charge on any atom is -0.342 e. The lowest BCUT2D eigenvalue weighted by atomic mass is 9.87. The van der Waals surface area contributed by atoms with E-state index in [0.717, 1.165) is 30.2 Å². The first kappa shape index (κ1) is 21.3. The van der Waals surface area contributed by atoms with Gasteiger partial charge in [0, 0.05) is 25.2 Å². The quantitative estimate of drug-likeness (QED) is 0.409. The van der Waals surface area contributed by atoms with Crippen molar-refractivity contribution in [1.29, 1.82) is 5.41 Å². The van der Waals surface area contributed by atoms with E-state index in [-0.39, 0.29) is 23.2 Å². The number of aliphatic imine (C=N–C) groups is 1. The summed E-state index contributed by atoms with van der Waals surface area (Å²) < 4.78 is 2.13. The Kier molecular flexibility index (Phi) is 6.30. The summed E-state index contributed by atoms with van der Waals surface area (Å²) in [7, 11) is 2.57. The molecule has 8 heteroatoms. The molecule has 0 spiro atoms. The number of carbonyl (C=O) groups excluding carboxylic acids is 1. The number of rotatable bonds is 4. The van der Waals surface area contributed by atoms with Gasteiger partial charge in [-0.25, -0.2) is 9.98 Å². The van der Waals surface area contributed by atoms with E-state index in [0.29, 0.717) is 17.7 Å². The Balaban J connectivity index is 1.98. The lowest BCUT2D eigenvalue weighted by Crippen LogP contribution is -2.48. The third kappa shape index (κ3) is 4.80. The van der Waals surface area contributed by atoms with Gasteiger partial charge in [0.25, 0.3) is 5.91 Å². The summed E-state index contributed by atoms with van der Waals surface area (Å²) in [5, 5.41) is 14.1. The van der Waals surface area contributed by atoms with Crippen LogP contribution in [-0.4, -0.2) is 39.3 Å². The van der Waals surface area contributed by atoms with E-state index in [1.54, 1.807) is 6.92 Å². The SMILES string of the molecule is CC(=N)N=C(P)[C@@H](NC(=O)c1nc(-c2ccccc2)n2c1CNCC2)C(C)(C)C. The molecule has 3 N–H and O–H groups in total. The molecule has 29 heavy (non-hydrogen) atoms. The van der Waals surface area contributed by atoms with Crippen molar-refractivity contribution in [2.24, 2.45) is 10.4 Å². The fourth-order valence-corrected chi connectivity index (χ4v) is 4.26. The molecule has 1 unspecified atom stereocenters. The standard InChI is InChI=1S/C21H29N6OP/c1-13(22)24-20(29)17(21(2,3)4)26-19(28)16-15-12-23-10-11-27(15)18(25-16)14-8-6-5-7-9-14/h5-9,17,22-23H,10-12,29H2,1-4H3,(H,26,28)/t17-/m1/s1. The molecule has 1 aromatic carbocycles. The minimum atomic E-state index is -0.339. The maximum atomic E-state index is 13.3. The Morgan fingerprint density at radius 1 is 1.34 bits per heavy atom. The Morgan fingerprint density at radius 2 is 2.03 bits per heavy atom. The van der Waals surface area contributed by atoms with E-state index in [1.807, 2.05) is 51.1 Å². The zero-order chi connectivity index (χ0) is 21.2. The number of amides is 1. The average molecular weight is 412 g/mol. The maximum Gasteiger partial charge on any atom is 0.272 e. The van der Waals surface area contributed by atoms with E-state index < -0.39 is 0 Å². The van der Waals surface area contributed by atoms with Gasteiger partial charge in [0.05, 0.1) is 17.2 Å². The molecule has 1 aliphatic rings. The summed E-state index contributed by atoms with van der Waals surface area (Å²) in [5.74, 6) is 0.792. The molecular weight excluding hydrogens is 383 g/mol. The van der Waals surface area contributed by atoms with E-state index in [4.69, 9.17) is 10.4 Å². The zero-order valence-corrected chi connectivity index (χ0v) is 18.6. The normalized spacial score (nSPS) is 15.6. The molecule has 7 nitrogen and oxygen atoms in total. The highest BCUT2D eigenvalue weighted by Gasteiger charge is 2.32. The van der Waals surface area contributed by atoms with Crippen molar-refractivity contribution in [3.8, 4) is 11.4 Å². The third-order valence-corrected chi connectivity index (χ3v) is 5.32. The van der Waals surface area contributed by atoms with Crippen LogP contribution in [0.3, 0.4) is 0 Å². The largest absolute Gasteiger partial charge is 0.342 e. The average Bonchev–Trinajstić information content (AvgIpc) is 3.05. The molecule has 2 aromatic rings. The monoisotopic (exact) mass is 412 g/mol. The highest BCUT2D eigenvalue weighted by Crippen LogP contribution is 2.26. The molecule has 3 rings (SSSR count). The number of carbonyl (C=O) groups is 1. The van der Waals surface area contributed by atoms with Crippen molar-refractivity contribution in [2.75, 3.05) is 6.54 Å². The van der Waals surface area contributed by atoms with Crippen LogP contribution in [0.5, 0.6) is 0 Å². The van der Waals surface area contributed by atoms with Crippen LogP contribution in [0.4, 0.5) is 0 Å². The lowest BCUT2D eigenvalue weighted by molar-refractivity contribution is 0.0920. The Labute approximate surface area is 174 Å². The Hall–Kier alpha value is -2.37. The number of hydrogen-bond acceptors (Lipinski definition) is 4. The summed E-state index contributed by atoms with van der Waals surface area (Å²) in [6, 6.07) is 9.61. The molecule has 0 saturated carbocycles. The second-order valence-corrected chi connectivity index (χ2v) is 8.91. The maximum absolute atomic E-state index is 13.3. The van der Waals surface area contributed by atoms with E-state index >= 15 is 0 Å². The molecule has 0 saturated heterocycles. The van der Waals surface area contributed by atoms with E-state index in [1.165, 1.54) is 0 Å². The highest BCUT2D eigenvalue weighted by molar-refractivity contribution is 7.41. The van der Waals surface area contributed by atoms with Gasteiger partial charge in [-0.05, 0) is 12.3 Å². The van der Waals surface area contributed by atoms with Gasteiger partial charge in [0.1, 0.15) is 11.7 Å². The molecule has 1 aliphatic heterocycles. The molecule has 0 fully saturated rings. The third-order valence-electron chi connectivity index (χ3n) is 4.86. The first-order valence-electron chi connectivity index (χ1n) is 9.74. The summed E-state index contributed by atoms with van der Waals surface area (Å²) >= 11 is 0. The zero-order valence-electron chi connectivity index (χ0n) is 17.4. The summed E-state index contributed by atoms with van der Waals surface area (Å²) in [5.41, 5.74) is 2.69. The summed E-state index contributed by atoms with van der Waals surface area (Å²) in [6.07, 6.45) is 0. The van der Waals surface area contributed by atoms with Gasteiger partial charge in [0.15, 0.2) is 5.69 Å². The molecule has 1 aromatic heterocycles. The van der Waals surface area contributed by atoms with Gasteiger partial charge in [-0.15, -0.1) is 0 Å². The molecule has 1 amide bonds. The summed E-state index contributed by atoms with van der Waals surface area (Å²) in [4.78, 5) is 22.3. The Morgan fingerprint density at radius 3 is 2.66 bits per heavy atom. The van der Waals surface area contributed by atoms with E-state index in [9.17, 15) is 4.79 Å². The van der Waals surface area contributed by atoms with Crippen LogP contribution in [0, 0.1) is 10.8 Å².